The van der Waals surface area contributed by atoms with Gasteiger partial charge in [0.1, 0.15) is 6.33 Å². The van der Waals surface area contributed by atoms with Crippen molar-refractivity contribution in [1.29, 1.82) is 0 Å². The number of nitrogens with two attached hydrogens (primary N) is 1. The summed E-state index contributed by atoms with van der Waals surface area (Å²) in [5.74, 6) is 0.474. The molecule has 7 nitrogen and oxygen atoms in total. The summed E-state index contributed by atoms with van der Waals surface area (Å²) in [4.78, 5) is 11.4. The maximum atomic E-state index is 5.37. The van der Waals surface area contributed by atoms with Gasteiger partial charge >= 0.3 is 6.01 Å². The van der Waals surface area contributed by atoms with Gasteiger partial charge in [0.2, 0.25) is 11.8 Å². The van der Waals surface area contributed by atoms with Crippen molar-refractivity contribution < 1.29 is 4.74 Å². The summed E-state index contributed by atoms with van der Waals surface area (Å²) in [5, 5.41) is 3.92. The first-order valence-electron chi connectivity index (χ1n) is 3.86. The predicted molar refractivity (Wildman–Crippen MR) is 47.5 cm³/mol. The van der Waals surface area contributed by atoms with Crippen LogP contribution in [0.1, 0.15) is 0 Å². The number of aromatic nitrogens is 5. The fourth-order valence-corrected chi connectivity index (χ4v) is 0.873. The van der Waals surface area contributed by atoms with Crippen LogP contribution in [-0.2, 0) is 7.05 Å². The SMILES string of the molecule is Cn1cnc(Oc2ccnc(N)n2)n1. The Hall–Kier alpha value is -2.18. The second-order valence-corrected chi connectivity index (χ2v) is 2.56. The van der Waals surface area contributed by atoms with Crippen LogP contribution in [0.15, 0.2) is 18.6 Å². The van der Waals surface area contributed by atoms with E-state index < -0.39 is 0 Å². The first-order chi connectivity index (χ1) is 6.74. The van der Waals surface area contributed by atoms with Gasteiger partial charge in [0, 0.05) is 19.3 Å². The minimum Gasteiger partial charge on any atom is -0.404 e. The summed E-state index contributed by atoms with van der Waals surface area (Å²) in [7, 11) is 1.74. The minimum atomic E-state index is 0.151. The highest BCUT2D eigenvalue weighted by atomic mass is 16.5. The first kappa shape index (κ1) is 8.42. The molecule has 0 aliphatic carbocycles. The molecule has 0 saturated carbocycles. The number of anilines is 1. The van der Waals surface area contributed by atoms with Crippen LogP contribution in [0.25, 0.3) is 0 Å². The van der Waals surface area contributed by atoms with Crippen molar-refractivity contribution >= 4 is 5.95 Å². The van der Waals surface area contributed by atoms with Crippen molar-refractivity contribution in [2.24, 2.45) is 7.05 Å². The van der Waals surface area contributed by atoms with E-state index in [0.717, 1.165) is 0 Å². The second-order valence-electron chi connectivity index (χ2n) is 2.56. The number of rotatable bonds is 2. The topological polar surface area (TPSA) is 91.7 Å². The molecular weight excluding hydrogens is 184 g/mol. The molecule has 2 heterocycles. The summed E-state index contributed by atoms with van der Waals surface area (Å²) in [5.41, 5.74) is 5.37. The fraction of sp³-hybridized carbons (Fsp3) is 0.143. The summed E-state index contributed by atoms with van der Waals surface area (Å²) < 4.78 is 6.73. The van der Waals surface area contributed by atoms with Crippen LogP contribution in [-0.4, -0.2) is 24.7 Å². The summed E-state index contributed by atoms with van der Waals surface area (Å²) in [6, 6.07) is 1.80. The molecule has 0 aliphatic rings. The third-order valence-corrected chi connectivity index (χ3v) is 1.42. The average Bonchev–Trinajstić information content (AvgIpc) is 2.51. The fourth-order valence-electron chi connectivity index (χ4n) is 0.873. The van der Waals surface area contributed by atoms with Gasteiger partial charge in [-0.05, 0) is 0 Å². The van der Waals surface area contributed by atoms with Gasteiger partial charge in [-0.2, -0.15) is 9.97 Å². The van der Waals surface area contributed by atoms with Crippen molar-refractivity contribution in [3.05, 3.63) is 18.6 Å². The molecule has 0 atom stereocenters. The summed E-state index contributed by atoms with van der Waals surface area (Å²) in [6.45, 7) is 0. The molecule has 0 aromatic carbocycles. The van der Waals surface area contributed by atoms with E-state index >= 15 is 0 Å². The zero-order valence-corrected chi connectivity index (χ0v) is 7.45. The lowest BCUT2D eigenvalue weighted by molar-refractivity contribution is 0.422. The molecule has 2 N–H and O–H groups in total. The number of hydrogen-bond donors (Lipinski definition) is 1. The molecule has 0 bridgehead atoms. The Kier molecular flexibility index (Phi) is 1.98. The zero-order chi connectivity index (χ0) is 9.97. The number of nitrogen functional groups attached to an aromatic ring is 1. The van der Waals surface area contributed by atoms with Gasteiger partial charge in [0.15, 0.2) is 0 Å². The lowest BCUT2D eigenvalue weighted by Gasteiger charge is -1.98. The third-order valence-electron chi connectivity index (χ3n) is 1.42. The summed E-state index contributed by atoms with van der Waals surface area (Å²) in [6.07, 6.45) is 3.03. The highest BCUT2D eigenvalue weighted by Crippen LogP contribution is 2.13. The molecule has 0 fully saturated rings. The Bertz CT molecular complexity index is 439. The van der Waals surface area contributed by atoms with Crippen molar-refractivity contribution in [1.82, 2.24) is 24.7 Å². The van der Waals surface area contributed by atoms with Gasteiger partial charge in [0.05, 0.1) is 0 Å². The molecule has 2 aromatic rings. The molecule has 2 aromatic heterocycles. The highest BCUT2D eigenvalue weighted by Gasteiger charge is 2.02. The monoisotopic (exact) mass is 192 g/mol. The summed E-state index contributed by atoms with van der Waals surface area (Å²) >= 11 is 0. The molecule has 72 valence electrons. The van der Waals surface area contributed by atoms with E-state index in [0.29, 0.717) is 5.88 Å². The van der Waals surface area contributed by atoms with Crippen LogP contribution in [0.2, 0.25) is 0 Å². The van der Waals surface area contributed by atoms with E-state index in [-0.39, 0.29) is 12.0 Å². The predicted octanol–water partition coefficient (Wildman–Crippen LogP) is -0.0204. The maximum absolute atomic E-state index is 5.37. The van der Waals surface area contributed by atoms with Crippen molar-refractivity contribution in [2.75, 3.05) is 5.73 Å². The minimum absolute atomic E-state index is 0.151. The van der Waals surface area contributed by atoms with Gasteiger partial charge in [-0.25, -0.2) is 4.98 Å². The average molecular weight is 192 g/mol. The Labute approximate surface area is 79.6 Å². The van der Waals surface area contributed by atoms with Gasteiger partial charge in [0.25, 0.3) is 0 Å². The van der Waals surface area contributed by atoms with E-state index in [9.17, 15) is 0 Å². The van der Waals surface area contributed by atoms with Crippen LogP contribution in [0.4, 0.5) is 5.95 Å². The van der Waals surface area contributed by atoms with Gasteiger partial charge in [-0.3, -0.25) is 4.68 Å². The van der Waals surface area contributed by atoms with E-state index in [1.807, 2.05) is 0 Å². The van der Waals surface area contributed by atoms with Crippen LogP contribution >= 0.6 is 0 Å². The maximum Gasteiger partial charge on any atom is 0.342 e. The standard InChI is InChI=1S/C7H8N6O/c1-13-4-10-7(12-13)14-5-2-3-9-6(8)11-5/h2-4H,1H3,(H2,8,9,11). The molecule has 14 heavy (non-hydrogen) atoms. The molecule has 2 rings (SSSR count). The van der Waals surface area contributed by atoms with Gasteiger partial charge in [-0.1, -0.05) is 0 Å². The van der Waals surface area contributed by atoms with Gasteiger partial charge in [-0.15, -0.1) is 5.10 Å². The van der Waals surface area contributed by atoms with Gasteiger partial charge < -0.3 is 10.5 Å². The number of nitrogens with zero attached hydrogens (tertiary/aromatic N) is 5. The molecule has 0 radical (unpaired) electrons. The van der Waals surface area contributed by atoms with E-state index in [4.69, 9.17) is 10.5 Å². The second kappa shape index (κ2) is 3.29. The third kappa shape index (κ3) is 1.76. The largest absolute Gasteiger partial charge is 0.404 e. The lowest BCUT2D eigenvalue weighted by atomic mass is 10.6. The van der Waals surface area contributed by atoms with Crippen molar-refractivity contribution in [2.45, 2.75) is 0 Å². The Balaban J connectivity index is 2.18. The van der Waals surface area contributed by atoms with Crippen LogP contribution in [0, 0.1) is 0 Å². The molecule has 7 heteroatoms. The molecule has 0 saturated heterocycles. The van der Waals surface area contributed by atoms with Crippen molar-refractivity contribution in [3.8, 4) is 11.9 Å². The molecule has 0 spiro atoms. The molecular formula is C7H8N6O. The Morgan fingerprint density at radius 3 is 2.93 bits per heavy atom. The van der Waals surface area contributed by atoms with Crippen LogP contribution in [0.3, 0.4) is 0 Å². The lowest BCUT2D eigenvalue weighted by Crippen LogP contribution is -1.97. The molecule has 0 amide bonds. The van der Waals surface area contributed by atoms with E-state index in [1.165, 1.54) is 17.2 Å². The number of ether oxygens (including phenoxy) is 1. The molecule has 0 unspecified atom stereocenters. The van der Waals surface area contributed by atoms with Crippen molar-refractivity contribution in [3.63, 3.8) is 0 Å². The number of hydrogen-bond acceptors (Lipinski definition) is 6. The first-order valence-corrected chi connectivity index (χ1v) is 3.86. The highest BCUT2D eigenvalue weighted by molar-refractivity contribution is 5.22. The van der Waals surface area contributed by atoms with E-state index in [2.05, 4.69) is 20.1 Å². The molecule has 0 aliphatic heterocycles. The zero-order valence-electron chi connectivity index (χ0n) is 7.45. The Morgan fingerprint density at radius 2 is 2.29 bits per heavy atom. The quantitative estimate of drug-likeness (QED) is 0.718. The van der Waals surface area contributed by atoms with Crippen LogP contribution in [0.5, 0.6) is 11.9 Å². The number of aryl methyl sites for hydroxylation is 1. The van der Waals surface area contributed by atoms with E-state index in [1.54, 1.807) is 13.1 Å². The van der Waals surface area contributed by atoms with Crippen LogP contribution < -0.4 is 10.5 Å². The normalized spacial score (nSPS) is 10.1. The Morgan fingerprint density at radius 1 is 1.43 bits per heavy atom. The smallest absolute Gasteiger partial charge is 0.342 e.